The number of amides is 1. The van der Waals surface area contributed by atoms with Crippen molar-refractivity contribution in [2.45, 2.75) is 44.8 Å². The monoisotopic (exact) mass is 153 g/mol. The van der Waals surface area contributed by atoms with Crippen LogP contribution in [0.5, 0.6) is 0 Å². The molecule has 3 heteroatoms. The summed E-state index contributed by atoms with van der Waals surface area (Å²) in [6.07, 6.45) is 3.91. The van der Waals surface area contributed by atoms with Gasteiger partial charge in [-0.05, 0) is 6.42 Å². The van der Waals surface area contributed by atoms with E-state index in [1.54, 1.807) is 6.92 Å². The molecule has 0 fully saturated rings. The van der Waals surface area contributed by atoms with Crippen LogP contribution in [-0.2, 0) is 4.79 Å². The molecule has 0 aromatic heterocycles. The quantitative estimate of drug-likeness (QED) is 0.470. The number of primary amides is 1. The fraction of sp³-hybridized carbons (Fsp3) is 0.875. The van der Waals surface area contributed by atoms with Gasteiger partial charge in [-0.2, -0.15) is 0 Å². The average molecular weight is 153 g/mol. The van der Waals surface area contributed by atoms with Crippen molar-refractivity contribution in [2.75, 3.05) is 0 Å². The summed E-state index contributed by atoms with van der Waals surface area (Å²) in [5, 5.41) is -0.810. The van der Waals surface area contributed by atoms with Gasteiger partial charge in [-0.15, -0.1) is 0 Å². The van der Waals surface area contributed by atoms with Crippen LogP contribution in [0.3, 0.4) is 0 Å². The van der Waals surface area contributed by atoms with Gasteiger partial charge >= 0.3 is 0 Å². The highest BCUT2D eigenvalue weighted by molar-refractivity contribution is 6.27. The third-order valence-corrected chi connectivity index (χ3v) is 1.86. The van der Waals surface area contributed by atoms with Gasteiger partial charge in [-0.25, -0.2) is 0 Å². The van der Waals surface area contributed by atoms with Gasteiger partial charge in [-0.3, -0.25) is 4.79 Å². The van der Waals surface area contributed by atoms with Crippen molar-refractivity contribution >= 4 is 13.8 Å². The van der Waals surface area contributed by atoms with Crippen molar-refractivity contribution < 1.29 is 4.79 Å². The van der Waals surface area contributed by atoms with Crippen LogP contribution in [-0.4, -0.2) is 13.8 Å². The second-order valence-corrected chi connectivity index (χ2v) is 3.24. The van der Waals surface area contributed by atoms with Crippen molar-refractivity contribution in [3.8, 4) is 0 Å². The maximum Gasteiger partial charge on any atom is 0.214 e. The predicted octanol–water partition coefficient (Wildman–Crippen LogP) is 1.40. The van der Waals surface area contributed by atoms with E-state index in [2.05, 4.69) is 6.92 Å². The molecule has 2 radical (unpaired) electrons. The molecule has 0 aliphatic carbocycles. The lowest BCUT2D eigenvalue weighted by Crippen LogP contribution is -2.28. The highest BCUT2D eigenvalue weighted by atomic mass is 16.1. The Balaban J connectivity index is 3.64. The predicted molar refractivity (Wildman–Crippen MR) is 47.5 cm³/mol. The Morgan fingerprint density at radius 3 is 2.45 bits per heavy atom. The summed E-state index contributed by atoms with van der Waals surface area (Å²) < 4.78 is 0. The Morgan fingerprint density at radius 1 is 1.55 bits per heavy atom. The van der Waals surface area contributed by atoms with Crippen LogP contribution in [0.15, 0.2) is 0 Å². The zero-order valence-corrected chi connectivity index (χ0v) is 7.39. The molecule has 1 unspecified atom stereocenters. The number of nitrogens with two attached hydrogens (primary N) is 1. The second-order valence-electron chi connectivity index (χ2n) is 3.24. The lowest BCUT2D eigenvalue weighted by Gasteiger charge is -2.20. The summed E-state index contributed by atoms with van der Waals surface area (Å²) in [4.78, 5) is 10.7. The van der Waals surface area contributed by atoms with Gasteiger partial charge in [0.1, 0.15) is 0 Å². The molecule has 0 aromatic rings. The molecule has 0 rings (SSSR count). The van der Waals surface area contributed by atoms with Crippen LogP contribution in [0, 0.1) is 0 Å². The van der Waals surface area contributed by atoms with Gasteiger partial charge in [0, 0.05) is 5.31 Å². The molecule has 0 aromatic carbocycles. The molecule has 11 heavy (non-hydrogen) atoms. The van der Waals surface area contributed by atoms with Crippen molar-refractivity contribution in [3.05, 3.63) is 0 Å². The maximum atomic E-state index is 10.7. The fourth-order valence-corrected chi connectivity index (χ4v) is 0.865. The molecule has 0 spiro atoms. The smallest absolute Gasteiger partial charge is 0.214 e. The number of hydrogen-bond acceptors (Lipinski definition) is 1. The minimum absolute atomic E-state index is 0.409. The minimum atomic E-state index is -0.810. The Kier molecular flexibility index (Phi) is 4.23. The zero-order chi connectivity index (χ0) is 8.91. The van der Waals surface area contributed by atoms with Gasteiger partial charge in [0.25, 0.3) is 0 Å². The maximum absolute atomic E-state index is 10.7. The molecule has 0 saturated heterocycles. The van der Waals surface area contributed by atoms with E-state index in [-0.39, 0.29) is 0 Å². The van der Waals surface area contributed by atoms with E-state index in [1.165, 1.54) is 0 Å². The Morgan fingerprint density at radius 2 is 2.09 bits per heavy atom. The standard InChI is InChI=1S/C8H16BNO/c1-3-4-5-6-8(2,9)7(10)11/h3-6H2,1-2H3,(H2,10,11). The van der Waals surface area contributed by atoms with E-state index in [1.807, 2.05) is 0 Å². The van der Waals surface area contributed by atoms with Gasteiger partial charge < -0.3 is 5.73 Å². The van der Waals surface area contributed by atoms with Crippen LogP contribution >= 0.6 is 0 Å². The first-order valence-electron chi connectivity index (χ1n) is 4.09. The third kappa shape index (κ3) is 4.07. The molecule has 2 nitrogen and oxygen atoms in total. The van der Waals surface area contributed by atoms with E-state index in [9.17, 15) is 4.79 Å². The highest BCUT2D eigenvalue weighted by Crippen LogP contribution is 2.26. The number of carbonyl (C=O) groups excluding carboxylic acids is 1. The first-order valence-corrected chi connectivity index (χ1v) is 4.09. The molecule has 1 amide bonds. The van der Waals surface area contributed by atoms with Gasteiger partial charge in [0.15, 0.2) is 0 Å². The Hall–Kier alpha value is -0.465. The van der Waals surface area contributed by atoms with Crippen molar-refractivity contribution in [3.63, 3.8) is 0 Å². The summed E-state index contributed by atoms with van der Waals surface area (Å²) >= 11 is 0. The molecule has 0 aliphatic rings. The zero-order valence-electron chi connectivity index (χ0n) is 7.39. The number of hydrogen-bond donors (Lipinski definition) is 1. The largest absolute Gasteiger partial charge is 0.370 e. The molecule has 62 valence electrons. The first kappa shape index (κ1) is 10.5. The summed E-state index contributed by atoms with van der Waals surface area (Å²) in [6, 6.07) is 0. The normalized spacial score (nSPS) is 15.8. The van der Waals surface area contributed by atoms with E-state index in [4.69, 9.17) is 13.6 Å². The highest BCUT2D eigenvalue weighted by Gasteiger charge is 2.22. The lowest BCUT2D eigenvalue weighted by atomic mass is 9.67. The summed E-state index contributed by atoms with van der Waals surface area (Å²) in [7, 11) is 5.63. The van der Waals surface area contributed by atoms with E-state index in [0.29, 0.717) is 6.42 Å². The van der Waals surface area contributed by atoms with Crippen LogP contribution in [0.2, 0.25) is 5.31 Å². The van der Waals surface area contributed by atoms with Crippen molar-refractivity contribution in [1.29, 1.82) is 0 Å². The molecule has 1 atom stereocenters. The van der Waals surface area contributed by atoms with E-state index < -0.39 is 11.2 Å². The third-order valence-electron chi connectivity index (χ3n) is 1.86. The lowest BCUT2D eigenvalue weighted by molar-refractivity contribution is -0.120. The summed E-state index contributed by atoms with van der Waals surface area (Å²) in [5.74, 6) is -0.409. The first-order chi connectivity index (χ1) is 5.00. The molecular weight excluding hydrogens is 137 g/mol. The van der Waals surface area contributed by atoms with E-state index >= 15 is 0 Å². The van der Waals surface area contributed by atoms with Crippen LogP contribution in [0.1, 0.15) is 39.5 Å². The van der Waals surface area contributed by atoms with Crippen molar-refractivity contribution in [1.82, 2.24) is 0 Å². The van der Waals surface area contributed by atoms with E-state index in [0.717, 1.165) is 19.3 Å². The average Bonchev–Trinajstić information content (AvgIpc) is 1.88. The fourth-order valence-electron chi connectivity index (χ4n) is 0.865. The molecule has 0 aliphatic heterocycles. The number of unbranched alkanes of at least 4 members (excludes halogenated alkanes) is 2. The Bertz CT molecular complexity index is 134. The number of rotatable bonds is 5. The van der Waals surface area contributed by atoms with Crippen molar-refractivity contribution in [2.24, 2.45) is 5.73 Å². The summed E-state index contributed by atoms with van der Waals surface area (Å²) in [6.45, 7) is 3.79. The van der Waals surface area contributed by atoms with Gasteiger partial charge in [0.2, 0.25) is 5.91 Å². The van der Waals surface area contributed by atoms with Crippen LogP contribution in [0.4, 0.5) is 0 Å². The second kappa shape index (κ2) is 4.42. The molecule has 0 bridgehead atoms. The molecule has 0 heterocycles. The Labute approximate surface area is 69.9 Å². The minimum Gasteiger partial charge on any atom is -0.370 e. The molecular formula is C8H16BNO. The summed E-state index contributed by atoms with van der Waals surface area (Å²) in [5.41, 5.74) is 5.09. The molecule has 0 saturated carbocycles. The topological polar surface area (TPSA) is 43.1 Å². The molecule has 2 N–H and O–H groups in total. The van der Waals surface area contributed by atoms with Crippen LogP contribution < -0.4 is 5.73 Å². The number of carbonyl (C=O) groups is 1. The van der Waals surface area contributed by atoms with Crippen LogP contribution in [0.25, 0.3) is 0 Å². The van der Waals surface area contributed by atoms with Gasteiger partial charge in [0.05, 0.1) is 7.85 Å². The SMILES string of the molecule is [B]C(C)(CCCCC)C(N)=O. The van der Waals surface area contributed by atoms with Gasteiger partial charge in [-0.1, -0.05) is 33.1 Å².